The average molecular weight is 488 g/mol. The van der Waals surface area contributed by atoms with Crippen LogP contribution in [0, 0.1) is 0 Å². The van der Waals surface area contributed by atoms with Crippen molar-refractivity contribution in [2.75, 3.05) is 38.2 Å². The van der Waals surface area contributed by atoms with Gasteiger partial charge in [0.2, 0.25) is 0 Å². The first-order chi connectivity index (χ1) is 16.8. The summed E-state index contributed by atoms with van der Waals surface area (Å²) in [5.74, 6) is 1.67. The van der Waals surface area contributed by atoms with E-state index in [2.05, 4.69) is 20.5 Å². The molecule has 184 valence electrons. The van der Waals surface area contributed by atoms with Crippen LogP contribution in [0.2, 0.25) is 0 Å². The van der Waals surface area contributed by atoms with Crippen LogP contribution in [0.3, 0.4) is 0 Å². The zero-order valence-electron chi connectivity index (χ0n) is 18.8. The van der Waals surface area contributed by atoms with Crippen LogP contribution < -0.4 is 15.0 Å². The van der Waals surface area contributed by atoms with E-state index in [0.29, 0.717) is 60.3 Å². The third-order valence-electron chi connectivity index (χ3n) is 5.65. The normalized spacial score (nSPS) is 17.1. The van der Waals surface area contributed by atoms with Gasteiger partial charge in [0.15, 0.2) is 17.4 Å². The number of nitrogens with one attached hydrogen (secondary N) is 1. The molecule has 4 aromatic rings. The van der Waals surface area contributed by atoms with Crippen LogP contribution in [0.5, 0.6) is 5.75 Å². The number of fused-ring (bicyclic) bond motifs is 1. The monoisotopic (exact) mass is 488 g/mol. The fourth-order valence-electron chi connectivity index (χ4n) is 4.04. The number of aliphatic hydroxyl groups excluding tert-OH is 1. The summed E-state index contributed by atoms with van der Waals surface area (Å²) in [5, 5.41) is 22.4. The summed E-state index contributed by atoms with van der Waals surface area (Å²) in [6, 6.07) is 5.30. The van der Waals surface area contributed by atoms with E-state index in [0.717, 1.165) is 10.1 Å². The fraction of sp³-hybridized carbons (Fsp3) is 0.364. The first-order valence-electron chi connectivity index (χ1n) is 10.9. The SMILES string of the molecule is COc1ccc(-n2ncc3cnc(-c4cnn(CC(F)(F)F)c4)cc32)nc1N1CCNC[C@@H](O)C1. The first kappa shape index (κ1) is 23.1. The van der Waals surface area contributed by atoms with Gasteiger partial charge < -0.3 is 20.1 Å². The van der Waals surface area contributed by atoms with Gasteiger partial charge in [0, 0.05) is 49.5 Å². The standard InChI is InChI=1S/C22H23F3N8O2/c1-35-19-2-3-20(30-21(19)31-5-4-26-10-16(34)12-31)33-18-6-17(27-7-14(18)8-29-33)15-9-28-32(11-15)13-22(23,24)25/h2-3,6-9,11,16,26,34H,4-5,10,12-13H2,1H3/t16-/m1/s1. The van der Waals surface area contributed by atoms with Crippen LogP contribution in [0.4, 0.5) is 19.0 Å². The minimum Gasteiger partial charge on any atom is -0.493 e. The highest BCUT2D eigenvalue weighted by atomic mass is 19.4. The lowest BCUT2D eigenvalue weighted by atomic mass is 10.2. The number of hydrogen-bond acceptors (Lipinski definition) is 8. The van der Waals surface area contributed by atoms with Gasteiger partial charge in [-0.2, -0.15) is 23.4 Å². The Morgan fingerprint density at radius 2 is 2.06 bits per heavy atom. The van der Waals surface area contributed by atoms with Crippen molar-refractivity contribution >= 4 is 16.7 Å². The van der Waals surface area contributed by atoms with Crippen LogP contribution in [-0.4, -0.2) is 80.2 Å². The largest absolute Gasteiger partial charge is 0.493 e. The molecule has 0 radical (unpaired) electrons. The maximum Gasteiger partial charge on any atom is 0.408 e. The van der Waals surface area contributed by atoms with Gasteiger partial charge in [0.05, 0.1) is 36.8 Å². The molecule has 1 aliphatic rings. The number of β-amino-alcohol motifs (C(OH)–C–C–N with tert-alkyl or cyclic N) is 1. The van der Waals surface area contributed by atoms with E-state index in [1.54, 1.807) is 42.4 Å². The van der Waals surface area contributed by atoms with Crippen LogP contribution >= 0.6 is 0 Å². The van der Waals surface area contributed by atoms with Gasteiger partial charge in [-0.3, -0.25) is 9.67 Å². The van der Waals surface area contributed by atoms with Gasteiger partial charge in [-0.05, 0) is 18.2 Å². The summed E-state index contributed by atoms with van der Waals surface area (Å²) >= 11 is 0. The molecular weight excluding hydrogens is 465 g/mol. The third-order valence-corrected chi connectivity index (χ3v) is 5.65. The van der Waals surface area contributed by atoms with Crippen molar-refractivity contribution < 1.29 is 23.0 Å². The Bertz CT molecular complexity index is 1340. The predicted molar refractivity (Wildman–Crippen MR) is 122 cm³/mol. The Morgan fingerprint density at radius 3 is 2.86 bits per heavy atom. The Labute approximate surface area is 198 Å². The molecule has 0 spiro atoms. The van der Waals surface area contributed by atoms with Gasteiger partial charge in [0.1, 0.15) is 6.54 Å². The number of anilines is 1. The maximum absolute atomic E-state index is 12.7. The first-order valence-corrected chi connectivity index (χ1v) is 10.9. The lowest BCUT2D eigenvalue weighted by Gasteiger charge is -2.25. The van der Waals surface area contributed by atoms with E-state index in [9.17, 15) is 18.3 Å². The molecule has 35 heavy (non-hydrogen) atoms. The lowest BCUT2D eigenvalue weighted by Crippen LogP contribution is -2.33. The van der Waals surface area contributed by atoms with Crippen molar-refractivity contribution in [1.29, 1.82) is 0 Å². The lowest BCUT2D eigenvalue weighted by molar-refractivity contribution is -0.142. The highest BCUT2D eigenvalue weighted by Crippen LogP contribution is 2.30. The summed E-state index contributed by atoms with van der Waals surface area (Å²) in [6.07, 6.45) is 0.996. The second kappa shape index (κ2) is 9.15. The topological polar surface area (TPSA) is 106 Å². The van der Waals surface area contributed by atoms with Crippen LogP contribution in [0.25, 0.3) is 28.0 Å². The molecule has 0 saturated carbocycles. The molecule has 2 N–H and O–H groups in total. The molecule has 0 aliphatic carbocycles. The number of ether oxygens (including phenoxy) is 1. The number of aliphatic hydroxyl groups is 1. The number of rotatable bonds is 5. The van der Waals surface area contributed by atoms with E-state index >= 15 is 0 Å². The van der Waals surface area contributed by atoms with Gasteiger partial charge in [-0.1, -0.05) is 0 Å². The Balaban J connectivity index is 1.52. The molecule has 0 amide bonds. The van der Waals surface area contributed by atoms with Crippen molar-refractivity contribution in [3.8, 4) is 22.8 Å². The number of nitrogens with zero attached hydrogens (tertiary/aromatic N) is 7. The van der Waals surface area contributed by atoms with Crippen LogP contribution in [0.1, 0.15) is 0 Å². The number of halogens is 3. The summed E-state index contributed by atoms with van der Waals surface area (Å²) in [5.41, 5.74) is 1.60. The van der Waals surface area contributed by atoms with E-state index in [1.807, 2.05) is 4.90 Å². The van der Waals surface area contributed by atoms with E-state index in [-0.39, 0.29) is 0 Å². The molecule has 5 heterocycles. The van der Waals surface area contributed by atoms with Gasteiger partial charge >= 0.3 is 6.18 Å². The van der Waals surface area contributed by atoms with Crippen molar-refractivity contribution in [3.63, 3.8) is 0 Å². The molecular formula is C22H23F3N8O2. The molecule has 1 saturated heterocycles. The number of pyridine rings is 2. The highest BCUT2D eigenvalue weighted by molar-refractivity contribution is 5.83. The smallest absolute Gasteiger partial charge is 0.408 e. The molecule has 13 heteroatoms. The molecule has 1 aliphatic heterocycles. The molecule has 5 rings (SSSR count). The summed E-state index contributed by atoms with van der Waals surface area (Å²) in [4.78, 5) is 11.1. The minimum absolute atomic E-state index is 0.398. The number of alkyl halides is 3. The maximum atomic E-state index is 12.7. The summed E-state index contributed by atoms with van der Waals surface area (Å²) in [7, 11) is 1.56. The second-order valence-corrected chi connectivity index (χ2v) is 8.23. The summed E-state index contributed by atoms with van der Waals surface area (Å²) < 4.78 is 46.1. The quantitative estimate of drug-likeness (QED) is 0.440. The summed E-state index contributed by atoms with van der Waals surface area (Å²) in [6.45, 7) is 1.05. The van der Waals surface area contributed by atoms with E-state index < -0.39 is 18.8 Å². The van der Waals surface area contributed by atoms with Gasteiger partial charge in [-0.25, -0.2) is 9.67 Å². The second-order valence-electron chi connectivity index (χ2n) is 8.23. The van der Waals surface area contributed by atoms with Crippen LogP contribution in [-0.2, 0) is 6.54 Å². The van der Waals surface area contributed by atoms with Gasteiger partial charge in [0.25, 0.3) is 0 Å². The molecule has 0 aromatic carbocycles. The zero-order chi connectivity index (χ0) is 24.6. The van der Waals surface area contributed by atoms with Crippen molar-refractivity contribution in [2.24, 2.45) is 0 Å². The zero-order valence-corrected chi connectivity index (χ0v) is 18.8. The molecule has 0 unspecified atom stereocenters. The predicted octanol–water partition coefficient (Wildman–Crippen LogP) is 2.02. The highest BCUT2D eigenvalue weighted by Gasteiger charge is 2.28. The van der Waals surface area contributed by atoms with E-state index in [1.165, 1.54) is 12.4 Å². The Morgan fingerprint density at radius 1 is 1.20 bits per heavy atom. The Hall–Kier alpha value is -3.71. The Kier molecular flexibility index (Phi) is 6.03. The number of methoxy groups -OCH3 is 1. The van der Waals surface area contributed by atoms with Crippen molar-refractivity contribution in [3.05, 3.63) is 43.0 Å². The van der Waals surface area contributed by atoms with E-state index in [4.69, 9.17) is 9.72 Å². The minimum atomic E-state index is -4.36. The third kappa shape index (κ3) is 4.91. The van der Waals surface area contributed by atoms with Crippen molar-refractivity contribution in [2.45, 2.75) is 18.8 Å². The average Bonchev–Trinajstić information content (AvgIpc) is 3.40. The molecule has 1 atom stereocenters. The van der Waals surface area contributed by atoms with Crippen molar-refractivity contribution in [1.82, 2.24) is 34.8 Å². The number of aromatic nitrogens is 6. The molecule has 1 fully saturated rings. The van der Waals surface area contributed by atoms with Crippen LogP contribution in [0.15, 0.2) is 43.0 Å². The molecule has 4 aromatic heterocycles. The fourth-order valence-corrected chi connectivity index (χ4v) is 4.04. The van der Waals surface area contributed by atoms with Gasteiger partial charge in [-0.15, -0.1) is 0 Å². The molecule has 10 nitrogen and oxygen atoms in total. The number of hydrogen-bond donors (Lipinski definition) is 2. The molecule has 0 bridgehead atoms.